The molecular weight excluding hydrogens is 321 g/mol. The average molecular weight is 333 g/mol. The molecule has 2 aromatic rings. The summed E-state index contributed by atoms with van der Waals surface area (Å²) in [5, 5.41) is 4.23. The number of alkyl halides is 3. The first-order valence-corrected chi connectivity index (χ1v) is 6.69. The fourth-order valence-corrected chi connectivity index (χ4v) is 1.93. The summed E-state index contributed by atoms with van der Waals surface area (Å²) in [6, 6.07) is 8.13. The van der Waals surface area contributed by atoms with Gasteiger partial charge in [-0.15, -0.1) is 0 Å². The van der Waals surface area contributed by atoms with Gasteiger partial charge in [0.25, 0.3) is 5.91 Å². The van der Waals surface area contributed by atoms with Gasteiger partial charge in [-0.1, -0.05) is 28.9 Å². The number of hydrogen-bond acceptors (Lipinski definition) is 3. The van der Waals surface area contributed by atoms with E-state index in [9.17, 15) is 18.0 Å². The standard InChI is InChI=1S/C14H12ClF3N2O2/c1-20(6-5-14(16,17)18)13(21)12-8-11(19-22-12)9-3-2-4-10(15)7-9/h2-4,7-8H,5-6H2,1H3. The van der Waals surface area contributed by atoms with E-state index in [2.05, 4.69) is 5.16 Å². The van der Waals surface area contributed by atoms with Crippen molar-refractivity contribution in [3.63, 3.8) is 0 Å². The molecule has 2 rings (SSSR count). The van der Waals surface area contributed by atoms with Gasteiger partial charge in [0, 0.05) is 30.2 Å². The lowest BCUT2D eigenvalue weighted by molar-refractivity contribution is -0.136. The highest BCUT2D eigenvalue weighted by Crippen LogP contribution is 2.23. The average Bonchev–Trinajstić information content (AvgIpc) is 2.93. The second-order valence-electron chi connectivity index (χ2n) is 4.68. The van der Waals surface area contributed by atoms with Crippen molar-refractivity contribution in [3.8, 4) is 11.3 Å². The number of carbonyl (C=O) groups excluding carboxylic acids is 1. The third-order valence-electron chi connectivity index (χ3n) is 2.92. The highest BCUT2D eigenvalue weighted by Gasteiger charge is 2.29. The number of hydrogen-bond donors (Lipinski definition) is 0. The molecule has 0 atom stereocenters. The van der Waals surface area contributed by atoms with Crippen LogP contribution in [0.3, 0.4) is 0 Å². The first kappa shape index (κ1) is 16.4. The molecule has 0 saturated heterocycles. The third kappa shape index (κ3) is 4.24. The Labute approximate surface area is 129 Å². The molecule has 1 aromatic carbocycles. The van der Waals surface area contributed by atoms with Gasteiger partial charge in [0.15, 0.2) is 0 Å². The Balaban J connectivity index is 2.09. The number of benzene rings is 1. The number of rotatable bonds is 4. The second-order valence-corrected chi connectivity index (χ2v) is 5.12. The van der Waals surface area contributed by atoms with E-state index in [-0.39, 0.29) is 5.76 Å². The number of amides is 1. The fraction of sp³-hybridized carbons (Fsp3) is 0.286. The van der Waals surface area contributed by atoms with Gasteiger partial charge in [-0.3, -0.25) is 4.79 Å². The fourth-order valence-electron chi connectivity index (χ4n) is 1.74. The molecule has 0 N–H and O–H groups in total. The van der Waals surface area contributed by atoms with Crippen LogP contribution in [0.5, 0.6) is 0 Å². The zero-order chi connectivity index (χ0) is 16.3. The van der Waals surface area contributed by atoms with Crippen LogP contribution in [0, 0.1) is 0 Å². The van der Waals surface area contributed by atoms with E-state index in [1.165, 1.54) is 13.1 Å². The predicted molar refractivity (Wildman–Crippen MR) is 74.6 cm³/mol. The van der Waals surface area contributed by atoms with Crippen molar-refractivity contribution in [2.45, 2.75) is 12.6 Å². The van der Waals surface area contributed by atoms with E-state index >= 15 is 0 Å². The molecule has 22 heavy (non-hydrogen) atoms. The van der Waals surface area contributed by atoms with Crippen LogP contribution in [0.15, 0.2) is 34.9 Å². The molecule has 0 aliphatic carbocycles. The van der Waals surface area contributed by atoms with Crippen molar-refractivity contribution in [3.05, 3.63) is 41.1 Å². The highest BCUT2D eigenvalue weighted by atomic mass is 35.5. The number of nitrogens with zero attached hydrogens (tertiary/aromatic N) is 2. The van der Waals surface area contributed by atoms with Gasteiger partial charge >= 0.3 is 6.18 Å². The van der Waals surface area contributed by atoms with Crippen LogP contribution in [-0.2, 0) is 0 Å². The maximum absolute atomic E-state index is 12.2. The number of aromatic nitrogens is 1. The van der Waals surface area contributed by atoms with Crippen molar-refractivity contribution < 1.29 is 22.5 Å². The molecule has 1 aromatic heterocycles. The molecule has 1 heterocycles. The third-order valence-corrected chi connectivity index (χ3v) is 3.15. The van der Waals surface area contributed by atoms with Gasteiger partial charge in [0.05, 0.1) is 6.42 Å². The Kier molecular flexibility index (Phi) is 4.75. The summed E-state index contributed by atoms with van der Waals surface area (Å²) in [4.78, 5) is 12.9. The predicted octanol–water partition coefficient (Wildman–Crippen LogP) is 4.02. The minimum absolute atomic E-state index is 0.125. The molecule has 4 nitrogen and oxygen atoms in total. The summed E-state index contributed by atoms with van der Waals surface area (Å²) in [5.41, 5.74) is 1.03. The van der Waals surface area contributed by atoms with Crippen LogP contribution >= 0.6 is 11.6 Å². The van der Waals surface area contributed by atoms with Gasteiger partial charge in [0.2, 0.25) is 5.76 Å². The van der Waals surface area contributed by atoms with Crippen LogP contribution in [0.1, 0.15) is 17.0 Å². The zero-order valence-electron chi connectivity index (χ0n) is 11.5. The summed E-state index contributed by atoms with van der Waals surface area (Å²) >= 11 is 5.86. The van der Waals surface area contributed by atoms with Crippen molar-refractivity contribution in [2.24, 2.45) is 0 Å². The summed E-state index contributed by atoms with van der Waals surface area (Å²) in [6.07, 6.45) is -5.40. The van der Waals surface area contributed by atoms with Gasteiger partial charge in [-0.25, -0.2) is 0 Å². The number of halogens is 4. The Morgan fingerprint density at radius 2 is 2.09 bits per heavy atom. The first-order valence-electron chi connectivity index (χ1n) is 6.31. The van der Waals surface area contributed by atoms with E-state index in [4.69, 9.17) is 16.1 Å². The Hall–Kier alpha value is -2.02. The van der Waals surface area contributed by atoms with Gasteiger partial charge < -0.3 is 9.42 Å². The van der Waals surface area contributed by atoms with Gasteiger partial charge in [0.1, 0.15) is 5.69 Å². The van der Waals surface area contributed by atoms with E-state index in [1.807, 2.05) is 0 Å². The molecule has 118 valence electrons. The lowest BCUT2D eigenvalue weighted by Gasteiger charge is -2.16. The van der Waals surface area contributed by atoms with E-state index in [0.717, 1.165) is 4.90 Å². The Bertz CT molecular complexity index is 670. The van der Waals surface area contributed by atoms with Crippen LogP contribution < -0.4 is 0 Å². The van der Waals surface area contributed by atoms with Crippen LogP contribution in [0.4, 0.5) is 13.2 Å². The minimum atomic E-state index is -4.32. The van der Waals surface area contributed by atoms with Crippen molar-refractivity contribution in [1.82, 2.24) is 10.1 Å². The molecule has 0 unspecified atom stereocenters. The van der Waals surface area contributed by atoms with Crippen molar-refractivity contribution >= 4 is 17.5 Å². The molecule has 0 aliphatic rings. The summed E-state index contributed by atoms with van der Waals surface area (Å²) in [7, 11) is 1.27. The van der Waals surface area contributed by atoms with Crippen LogP contribution in [0.25, 0.3) is 11.3 Å². The highest BCUT2D eigenvalue weighted by molar-refractivity contribution is 6.30. The van der Waals surface area contributed by atoms with E-state index in [0.29, 0.717) is 16.3 Å². The van der Waals surface area contributed by atoms with Crippen LogP contribution in [0.2, 0.25) is 5.02 Å². The maximum Gasteiger partial charge on any atom is 0.390 e. The number of carbonyl (C=O) groups is 1. The topological polar surface area (TPSA) is 46.3 Å². The molecule has 8 heteroatoms. The molecule has 0 spiro atoms. The lowest BCUT2D eigenvalue weighted by Crippen LogP contribution is -2.30. The van der Waals surface area contributed by atoms with E-state index in [1.54, 1.807) is 24.3 Å². The summed E-state index contributed by atoms with van der Waals surface area (Å²) in [6.45, 7) is -0.449. The Morgan fingerprint density at radius 3 is 2.73 bits per heavy atom. The quantitative estimate of drug-likeness (QED) is 0.849. The molecule has 0 aliphatic heterocycles. The normalized spacial score (nSPS) is 11.5. The van der Waals surface area contributed by atoms with Gasteiger partial charge in [-0.05, 0) is 12.1 Å². The zero-order valence-corrected chi connectivity index (χ0v) is 12.3. The Morgan fingerprint density at radius 1 is 1.36 bits per heavy atom. The van der Waals surface area contributed by atoms with Crippen molar-refractivity contribution in [2.75, 3.05) is 13.6 Å². The molecule has 0 bridgehead atoms. The van der Waals surface area contributed by atoms with Crippen LogP contribution in [-0.4, -0.2) is 35.7 Å². The summed E-state index contributed by atoms with van der Waals surface area (Å²) < 4.78 is 41.4. The minimum Gasteiger partial charge on any atom is -0.350 e. The summed E-state index contributed by atoms with van der Waals surface area (Å²) in [5.74, 6) is -0.787. The van der Waals surface area contributed by atoms with Crippen molar-refractivity contribution in [1.29, 1.82) is 0 Å². The molecule has 0 radical (unpaired) electrons. The first-order chi connectivity index (χ1) is 10.3. The molecular formula is C14H12ClF3N2O2. The molecule has 0 saturated carbocycles. The van der Waals surface area contributed by atoms with Gasteiger partial charge in [-0.2, -0.15) is 13.2 Å². The molecule has 1 amide bonds. The lowest BCUT2D eigenvalue weighted by atomic mass is 10.1. The largest absolute Gasteiger partial charge is 0.390 e. The SMILES string of the molecule is CN(CCC(F)(F)F)C(=O)c1cc(-c2cccc(Cl)c2)no1. The second kappa shape index (κ2) is 6.39. The molecule has 0 fully saturated rings. The smallest absolute Gasteiger partial charge is 0.350 e. The monoisotopic (exact) mass is 332 g/mol. The maximum atomic E-state index is 12.2. The van der Waals surface area contributed by atoms with E-state index < -0.39 is 25.0 Å².